The first kappa shape index (κ1) is 23.5. The number of nitrogens with two attached hydrogens (primary N) is 1. The highest BCUT2D eigenvalue weighted by Crippen LogP contribution is 2.43. The average molecular weight is 483 g/mol. The van der Waals surface area contributed by atoms with Crippen LogP contribution in [0.3, 0.4) is 0 Å². The largest absolute Gasteiger partial charge is 0.495 e. The Morgan fingerprint density at radius 2 is 1.94 bits per heavy atom. The van der Waals surface area contributed by atoms with Crippen LogP contribution < -0.4 is 26.0 Å². The van der Waals surface area contributed by atoms with Gasteiger partial charge in [0.1, 0.15) is 16.6 Å². The zero-order valence-corrected chi connectivity index (χ0v) is 22.1. The predicted molar refractivity (Wildman–Crippen MR) is 143 cm³/mol. The third kappa shape index (κ3) is 4.16. The van der Waals surface area contributed by atoms with Gasteiger partial charge in [0.05, 0.1) is 18.4 Å². The van der Waals surface area contributed by atoms with Crippen LogP contribution >= 0.6 is 11.3 Å². The summed E-state index contributed by atoms with van der Waals surface area (Å²) < 4.78 is 5.86. The molecule has 1 atom stereocenters. The Balaban J connectivity index is 1.47. The van der Waals surface area contributed by atoms with Gasteiger partial charge in [-0.15, -0.1) is 11.3 Å². The molecule has 1 saturated carbocycles. The lowest BCUT2D eigenvalue weighted by atomic mass is 10.0. The van der Waals surface area contributed by atoms with Crippen LogP contribution in [0.15, 0.2) is 23.2 Å². The lowest BCUT2D eigenvalue weighted by Crippen LogP contribution is -2.49. The van der Waals surface area contributed by atoms with Gasteiger partial charge in [0.2, 0.25) is 5.79 Å². The summed E-state index contributed by atoms with van der Waals surface area (Å²) >= 11 is 1.75. The van der Waals surface area contributed by atoms with Crippen molar-refractivity contribution in [2.75, 3.05) is 44.5 Å². The van der Waals surface area contributed by atoms with Gasteiger partial charge in [-0.05, 0) is 78.2 Å². The van der Waals surface area contributed by atoms with Crippen LogP contribution in [0, 0.1) is 13.8 Å². The summed E-state index contributed by atoms with van der Waals surface area (Å²) in [5.74, 6) is 0.677. The normalized spacial score (nSPS) is 23.9. The zero-order chi connectivity index (χ0) is 24.3. The number of hydrogen-bond donors (Lipinski definition) is 3. The van der Waals surface area contributed by atoms with E-state index >= 15 is 0 Å². The minimum Gasteiger partial charge on any atom is -0.495 e. The van der Waals surface area contributed by atoms with Gasteiger partial charge < -0.3 is 25.2 Å². The quantitative estimate of drug-likeness (QED) is 0.598. The summed E-state index contributed by atoms with van der Waals surface area (Å²) in [5.41, 5.74) is 11.5. The molecule has 1 aromatic carbocycles. The van der Waals surface area contributed by atoms with E-state index in [2.05, 4.69) is 73.5 Å². The number of amidine groups is 1. The summed E-state index contributed by atoms with van der Waals surface area (Å²) in [6.45, 7) is 8.62. The third-order valence-corrected chi connectivity index (χ3v) is 8.91. The Hall–Kier alpha value is -2.29. The summed E-state index contributed by atoms with van der Waals surface area (Å²) in [6, 6.07) is 6.94. The number of aliphatic imine (C=N–C) groups is 1. The van der Waals surface area contributed by atoms with Crippen LogP contribution in [0.2, 0.25) is 0 Å². The highest BCUT2D eigenvalue weighted by Gasteiger charge is 2.42. The van der Waals surface area contributed by atoms with Gasteiger partial charge in [-0.3, -0.25) is 5.73 Å². The topological polar surface area (TPSA) is 78.1 Å². The first-order valence-corrected chi connectivity index (χ1v) is 13.1. The van der Waals surface area contributed by atoms with E-state index < -0.39 is 5.79 Å². The molecule has 184 valence electrons. The van der Waals surface area contributed by atoms with Gasteiger partial charge >= 0.3 is 0 Å². The fourth-order valence-electron chi connectivity index (χ4n) is 5.06. The molecule has 7 nitrogen and oxygen atoms in total. The molecule has 34 heavy (non-hydrogen) atoms. The fraction of sp³-hybridized carbons (Fsp3) is 0.577. The van der Waals surface area contributed by atoms with Crippen LogP contribution in [0.25, 0.3) is 0 Å². The van der Waals surface area contributed by atoms with E-state index in [4.69, 9.17) is 15.5 Å². The third-order valence-electron chi connectivity index (χ3n) is 7.79. The number of fused-ring (bicyclic) bond motifs is 1. The maximum absolute atomic E-state index is 6.98. The van der Waals surface area contributed by atoms with Gasteiger partial charge in [0.15, 0.2) is 0 Å². The number of methoxy groups -OCH3 is 1. The molecule has 1 aromatic heterocycles. The Bertz CT molecular complexity index is 1110. The highest BCUT2D eigenvalue weighted by molar-refractivity contribution is 7.16. The van der Waals surface area contributed by atoms with Crippen molar-refractivity contribution in [2.45, 2.75) is 63.8 Å². The Morgan fingerprint density at radius 3 is 2.56 bits per heavy atom. The molecule has 3 heterocycles. The molecule has 8 heteroatoms. The minimum atomic E-state index is -1.06. The number of nitrogens with one attached hydrogen (secondary N) is 2. The minimum absolute atomic E-state index is 0.108. The lowest BCUT2D eigenvalue weighted by Gasteiger charge is -2.38. The molecule has 2 fully saturated rings. The van der Waals surface area contributed by atoms with E-state index in [0.717, 1.165) is 72.2 Å². The predicted octanol–water partition coefficient (Wildman–Crippen LogP) is 3.99. The molecule has 1 saturated heterocycles. The number of thiophene rings is 1. The van der Waals surface area contributed by atoms with Crippen LogP contribution in [-0.4, -0.2) is 56.6 Å². The number of aryl methyl sites for hydroxylation is 1. The SMILES string of the molecule is COc1cc(C2(N)N=C(NC3(C)CC3)c3c(sc(C)c3C)N2)ccc1N1CCC(N(C)C)CC1. The Labute approximate surface area is 207 Å². The van der Waals surface area contributed by atoms with Gasteiger partial charge in [0.25, 0.3) is 0 Å². The number of rotatable bonds is 5. The van der Waals surface area contributed by atoms with Crippen molar-refractivity contribution < 1.29 is 4.74 Å². The molecular weight excluding hydrogens is 444 g/mol. The fourth-order valence-corrected chi connectivity index (χ4v) is 6.18. The first-order valence-electron chi connectivity index (χ1n) is 12.3. The summed E-state index contributed by atoms with van der Waals surface area (Å²) in [4.78, 5) is 11.1. The van der Waals surface area contributed by atoms with E-state index in [1.807, 2.05) is 0 Å². The van der Waals surface area contributed by atoms with Gasteiger partial charge in [0, 0.05) is 35.1 Å². The molecule has 1 unspecified atom stereocenters. The summed E-state index contributed by atoms with van der Waals surface area (Å²) in [6.07, 6.45) is 4.61. The number of benzene rings is 1. The maximum atomic E-state index is 6.98. The molecule has 0 spiro atoms. The van der Waals surface area contributed by atoms with Crippen molar-refractivity contribution in [1.82, 2.24) is 10.2 Å². The van der Waals surface area contributed by atoms with E-state index in [0.29, 0.717) is 6.04 Å². The number of hydrogen-bond acceptors (Lipinski definition) is 8. The molecule has 2 aromatic rings. The number of ether oxygens (including phenoxy) is 1. The van der Waals surface area contributed by atoms with E-state index in [1.165, 1.54) is 10.4 Å². The zero-order valence-electron chi connectivity index (χ0n) is 21.3. The van der Waals surface area contributed by atoms with Gasteiger partial charge in [-0.25, -0.2) is 4.99 Å². The molecule has 3 aliphatic rings. The maximum Gasteiger partial charge on any atom is 0.212 e. The number of anilines is 2. The molecule has 0 radical (unpaired) electrons. The van der Waals surface area contributed by atoms with Crippen molar-refractivity contribution in [1.29, 1.82) is 0 Å². The van der Waals surface area contributed by atoms with Crippen LogP contribution in [0.1, 0.15) is 54.2 Å². The van der Waals surface area contributed by atoms with E-state index in [-0.39, 0.29) is 5.54 Å². The van der Waals surface area contributed by atoms with Crippen LogP contribution in [0.5, 0.6) is 5.75 Å². The second-order valence-electron chi connectivity index (χ2n) is 10.6. The van der Waals surface area contributed by atoms with Gasteiger partial charge in [-0.1, -0.05) is 6.07 Å². The van der Waals surface area contributed by atoms with Crippen molar-refractivity contribution in [2.24, 2.45) is 10.7 Å². The standard InChI is InChI=1S/C26H38N6OS/c1-16-17(2)34-24-22(16)23(28-25(3)11-12-25)29-26(27,30-24)18-7-8-20(21(15-18)33-6)32-13-9-19(10-14-32)31(4)5/h7-8,15,19,30H,9-14,27H2,1-6H3,(H,28,29). The summed E-state index contributed by atoms with van der Waals surface area (Å²) in [7, 11) is 6.08. The second kappa shape index (κ2) is 8.43. The molecule has 2 aliphatic heterocycles. The van der Waals surface area contributed by atoms with Crippen molar-refractivity contribution in [3.8, 4) is 5.75 Å². The molecule has 1 aliphatic carbocycles. The average Bonchev–Trinajstić information content (AvgIpc) is 3.46. The van der Waals surface area contributed by atoms with Crippen molar-refractivity contribution in [3.05, 3.63) is 39.8 Å². The highest BCUT2D eigenvalue weighted by atomic mass is 32.1. The van der Waals surface area contributed by atoms with Crippen LogP contribution in [-0.2, 0) is 5.79 Å². The van der Waals surface area contributed by atoms with Crippen molar-refractivity contribution >= 4 is 27.9 Å². The van der Waals surface area contributed by atoms with Gasteiger partial charge in [-0.2, -0.15) is 0 Å². The molecular formula is C26H38N6OS. The van der Waals surface area contributed by atoms with E-state index in [1.54, 1.807) is 18.4 Å². The van der Waals surface area contributed by atoms with E-state index in [9.17, 15) is 0 Å². The van der Waals surface area contributed by atoms with Crippen LogP contribution in [0.4, 0.5) is 10.7 Å². The summed E-state index contributed by atoms with van der Waals surface area (Å²) in [5, 5.41) is 8.33. The Kier molecular flexibility index (Phi) is 5.81. The first-order chi connectivity index (χ1) is 16.1. The Morgan fingerprint density at radius 1 is 1.24 bits per heavy atom. The van der Waals surface area contributed by atoms with Crippen molar-refractivity contribution in [3.63, 3.8) is 0 Å². The second-order valence-corrected chi connectivity index (χ2v) is 11.8. The number of piperidine rings is 1. The number of nitrogens with zero attached hydrogens (tertiary/aromatic N) is 3. The smallest absolute Gasteiger partial charge is 0.212 e. The lowest BCUT2D eigenvalue weighted by molar-refractivity contribution is 0.249. The molecule has 5 rings (SSSR count). The molecule has 0 amide bonds. The molecule has 4 N–H and O–H groups in total. The monoisotopic (exact) mass is 482 g/mol. The molecule has 0 bridgehead atoms.